The Hall–Kier alpha value is -2.37. The Morgan fingerprint density at radius 1 is 1.30 bits per heavy atom. The van der Waals surface area contributed by atoms with Gasteiger partial charge in [0.15, 0.2) is 5.78 Å². The molecular weight excluding hydrogens is 360 g/mol. The van der Waals surface area contributed by atoms with Crippen LogP contribution in [0.25, 0.3) is 5.57 Å². The molecule has 1 N–H and O–H groups in total. The van der Waals surface area contributed by atoms with Crippen LogP contribution in [0.3, 0.4) is 0 Å². The summed E-state index contributed by atoms with van der Waals surface area (Å²) in [4.78, 5) is 23.7. The van der Waals surface area contributed by atoms with E-state index in [0.29, 0.717) is 12.2 Å². The van der Waals surface area contributed by atoms with Crippen LogP contribution < -0.4 is 0 Å². The molecule has 27 heavy (non-hydrogen) atoms. The molecule has 0 saturated carbocycles. The lowest BCUT2D eigenvalue weighted by atomic mass is 9.94. The molecule has 0 amide bonds. The van der Waals surface area contributed by atoms with Gasteiger partial charge < -0.3 is 9.84 Å². The van der Waals surface area contributed by atoms with Crippen LogP contribution in [-0.4, -0.2) is 34.0 Å². The maximum absolute atomic E-state index is 12.5. The molecule has 1 aromatic carbocycles. The minimum Gasteiger partial charge on any atom is -0.491 e. The summed E-state index contributed by atoms with van der Waals surface area (Å²) in [6.45, 7) is 3.52. The number of fused-ring (bicyclic) bond motifs is 1. The highest BCUT2D eigenvalue weighted by Crippen LogP contribution is 2.39. The average Bonchev–Trinajstić information content (AvgIpc) is 2.70. The molecule has 0 aromatic heterocycles. The fourth-order valence-electron chi connectivity index (χ4n) is 2.97. The number of benzene rings is 1. The summed E-state index contributed by atoms with van der Waals surface area (Å²) in [6, 6.07) is 9.68. The molecule has 2 aliphatic rings. The third-order valence-electron chi connectivity index (χ3n) is 4.49. The monoisotopic (exact) mass is 382 g/mol. The van der Waals surface area contributed by atoms with E-state index in [9.17, 15) is 14.7 Å². The van der Waals surface area contributed by atoms with E-state index in [1.165, 1.54) is 17.8 Å². The third-order valence-corrected chi connectivity index (χ3v) is 5.65. The number of carbonyl (C=O) groups is 2. The second-order valence-corrected chi connectivity index (χ2v) is 7.65. The summed E-state index contributed by atoms with van der Waals surface area (Å²) in [5.74, 6) is 0.680. The van der Waals surface area contributed by atoms with Gasteiger partial charge in [0.1, 0.15) is 12.4 Å². The average molecular weight is 382 g/mol. The number of rotatable bonds is 8. The summed E-state index contributed by atoms with van der Waals surface area (Å²) in [5.41, 5.74) is 1.68. The van der Waals surface area contributed by atoms with E-state index in [1.54, 1.807) is 0 Å². The van der Waals surface area contributed by atoms with Gasteiger partial charge in [-0.05, 0) is 30.2 Å². The van der Waals surface area contributed by atoms with Crippen LogP contribution in [0.1, 0.15) is 18.4 Å². The molecule has 0 spiro atoms. The number of aliphatic hydroxyl groups excluding tert-OH is 1. The number of carbonyl (C=O) groups excluding carboxylic acids is 2. The first-order chi connectivity index (χ1) is 13.1. The summed E-state index contributed by atoms with van der Waals surface area (Å²) in [7, 11) is 0. The lowest BCUT2D eigenvalue weighted by Crippen LogP contribution is -2.23. The van der Waals surface area contributed by atoms with Gasteiger partial charge in [0, 0.05) is 23.2 Å². The predicted octanol–water partition coefficient (Wildman–Crippen LogP) is 3.69. The van der Waals surface area contributed by atoms with Crippen LogP contribution in [0, 0.1) is 5.92 Å². The molecular formula is C22H22O4S. The van der Waals surface area contributed by atoms with E-state index in [2.05, 4.69) is 6.58 Å². The highest BCUT2D eigenvalue weighted by Gasteiger charge is 2.31. The first-order valence-corrected chi connectivity index (χ1v) is 9.79. The number of aliphatic hydroxyl groups is 1. The Bertz CT molecular complexity index is 807. The first-order valence-electron chi connectivity index (χ1n) is 8.91. The van der Waals surface area contributed by atoms with Gasteiger partial charge in [0.05, 0.1) is 6.10 Å². The molecule has 1 aliphatic carbocycles. The lowest BCUT2D eigenvalue weighted by Gasteiger charge is -2.28. The third kappa shape index (κ3) is 5.08. The van der Waals surface area contributed by atoms with Gasteiger partial charge in [-0.25, -0.2) is 0 Å². The standard InChI is InChI=1S/C22H22O4S/c1-2-17(23)9-10-18(24)14-26-19-11-8-16-12-20(15-6-4-3-5-7-15)22(25)27-21(16)13-19/h2-8,11-13,16,18,21,24H,1,9-10,14H2. The zero-order valence-electron chi connectivity index (χ0n) is 14.9. The van der Waals surface area contributed by atoms with Crippen molar-refractivity contribution in [3.63, 3.8) is 0 Å². The van der Waals surface area contributed by atoms with E-state index in [0.717, 1.165) is 11.1 Å². The van der Waals surface area contributed by atoms with Gasteiger partial charge in [0.2, 0.25) is 5.12 Å². The van der Waals surface area contributed by atoms with Crippen molar-refractivity contribution in [2.24, 2.45) is 5.92 Å². The smallest absolute Gasteiger partial charge is 0.220 e. The van der Waals surface area contributed by atoms with Crippen LogP contribution in [0.4, 0.5) is 0 Å². The molecule has 0 saturated heterocycles. The maximum Gasteiger partial charge on any atom is 0.220 e. The highest BCUT2D eigenvalue weighted by molar-refractivity contribution is 8.15. The molecule has 0 radical (unpaired) electrons. The van der Waals surface area contributed by atoms with Gasteiger partial charge in [-0.2, -0.15) is 0 Å². The van der Waals surface area contributed by atoms with Crippen molar-refractivity contribution in [3.8, 4) is 0 Å². The van der Waals surface area contributed by atoms with Crippen molar-refractivity contribution in [1.29, 1.82) is 0 Å². The van der Waals surface area contributed by atoms with Crippen molar-refractivity contribution in [2.75, 3.05) is 6.61 Å². The minimum atomic E-state index is -0.717. The Labute approximate surface area is 163 Å². The van der Waals surface area contributed by atoms with Crippen LogP contribution in [0.2, 0.25) is 0 Å². The normalized spacial score (nSPS) is 22.3. The van der Waals surface area contributed by atoms with Crippen LogP contribution >= 0.6 is 11.8 Å². The molecule has 1 heterocycles. The number of ketones is 1. The van der Waals surface area contributed by atoms with E-state index in [4.69, 9.17) is 4.74 Å². The number of thioether (sulfide) groups is 1. The Morgan fingerprint density at radius 2 is 2.07 bits per heavy atom. The van der Waals surface area contributed by atoms with Crippen molar-refractivity contribution in [3.05, 3.63) is 78.6 Å². The Morgan fingerprint density at radius 3 is 2.81 bits per heavy atom. The zero-order chi connectivity index (χ0) is 19.2. The lowest BCUT2D eigenvalue weighted by molar-refractivity contribution is -0.115. The number of hydrogen-bond donors (Lipinski definition) is 1. The second kappa shape index (κ2) is 9.02. The summed E-state index contributed by atoms with van der Waals surface area (Å²) in [6.07, 6.45) is 8.97. The molecule has 5 heteroatoms. The van der Waals surface area contributed by atoms with Crippen molar-refractivity contribution < 1.29 is 19.4 Å². The summed E-state index contributed by atoms with van der Waals surface area (Å²) >= 11 is 1.30. The molecule has 140 valence electrons. The Kier molecular flexibility index (Phi) is 6.48. The van der Waals surface area contributed by atoms with E-state index in [-0.39, 0.29) is 35.1 Å². The SMILES string of the molecule is C=CC(=O)CCC(O)COC1=CC2SC(=O)C(c3ccccc3)=CC2C=C1. The van der Waals surface area contributed by atoms with Gasteiger partial charge >= 0.3 is 0 Å². The summed E-state index contributed by atoms with van der Waals surface area (Å²) in [5, 5.41) is 9.97. The molecule has 1 aromatic rings. The maximum atomic E-state index is 12.5. The Balaban J connectivity index is 1.59. The van der Waals surface area contributed by atoms with Gasteiger partial charge in [-0.15, -0.1) is 0 Å². The van der Waals surface area contributed by atoms with Crippen molar-refractivity contribution >= 4 is 28.2 Å². The summed E-state index contributed by atoms with van der Waals surface area (Å²) < 4.78 is 5.65. The fraction of sp³-hybridized carbons (Fsp3) is 0.273. The molecule has 1 aliphatic heterocycles. The molecule has 4 nitrogen and oxygen atoms in total. The quantitative estimate of drug-likeness (QED) is 0.695. The number of allylic oxidation sites excluding steroid dienone is 4. The minimum absolute atomic E-state index is 0.00977. The topological polar surface area (TPSA) is 63.6 Å². The highest BCUT2D eigenvalue weighted by atomic mass is 32.2. The largest absolute Gasteiger partial charge is 0.491 e. The molecule has 3 unspecified atom stereocenters. The predicted molar refractivity (Wildman–Crippen MR) is 108 cm³/mol. The van der Waals surface area contributed by atoms with Crippen LogP contribution in [0.15, 0.2) is 73.1 Å². The molecule has 3 atom stereocenters. The first kappa shape index (κ1) is 19.4. The van der Waals surface area contributed by atoms with E-state index in [1.807, 2.05) is 54.6 Å². The van der Waals surface area contributed by atoms with E-state index >= 15 is 0 Å². The zero-order valence-corrected chi connectivity index (χ0v) is 15.7. The van der Waals surface area contributed by atoms with Gasteiger partial charge in [-0.1, -0.05) is 60.8 Å². The molecule has 3 rings (SSSR count). The molecule has 0 fully saturated rings. The fourth-order valence-corrected chi connectivity index (χ4v) is 4.06. The van der Waals surface area contributed by atoms with Gasteiger partial charge in [-0.3, -0.25) is 9.59 Å². The number of hydrogen-bond acceptors (Lipinski definition) is 5. The van der Waals surface area contributed by atoms with Crippen LogP contribution in [-0.2, 0) is 14.3 Å². The number of ether oxygens (including phenoxy) is 1. The van der Waals surface area contributed by atoms with Crippen molar-refractivity contribution in [2.45, 2.75) is 24.2 Å². The second-order valence-electron chi connectivity index (χ2n) is 6.50. The van der Waals surface area contributed by atoms with Crippen LogP contribution in [0.5, 0.6) is 0 Å². The van der Waals surface area contributed by atoms with Gasteiger partial charge in [0.25, 0.3) is 0 Å². The van der Waals surface area contributed by atoms with E-state index < -0.39 is 6.10 Å². The van der Waals surface area contributed by atoms with Crippen molar-refractivity contribution in [1.82, 2.24) is 0 Å². The molecule has 0 bridgehead atoms.